The Morgan fingerprint density at radius 2 is 2.06 bits per heavy atom. The van der Waals surface area contributed by atoms with Crippen LogP contribution >= 0.6 is 0 Å². The Kier molecular flexibility index (Phi) is 7.02. The van der Waals surface area contributed by atoms with Crippen LogP contribution in [0.15, 0.2) is 60.3 Å². The summed E-state index contributed by atoms with van der Waals surface area (Å²) in [5, 5.41) is 15.5. The van der Waals surface area contributed by atoms with Crippen molar-refractivity contribution in [2.24, 2.45) is 0 Å². The number of allylic oxidation sites excluding steroid dienone is 1. The van der Waals surface area contributed by atoms with E-state index in [0.29, 0.717) is 23.2 Å². The van der Waals surface area contributed by atoms with Crippen LogP contribution in [0.25, 0.3) is 0 Å². The first kappa shape index (κ1) is 22.4. The predicted molar refractivity (Wildman–Crippen MR) is 125 cm³/mol. The number of anilines is 1. The molecule has 31 heavy (non-hydrogen) atoms. The molecule has 1 aliphatic rings. The standard InChI is InChI=1S/C25H29FN4O/c1-5-17(9-10-28-2)25-23(18-8-6-7-16(11-18)14-30(3)4)24(27)22-19(15-31)12-20(26)13-21(22)29-25/h5-13,15,23,25,27-29H,14H2,1-4H3/b10-9-,17-5+,27-24?. The maximum absolute atomic E-state index is 14.2. The minimum atomic E-state index is -0.501. The van der Waals surface area contributed by atoms with Gasteiger partial charge in [0, 0.05) is 30.4 Å². The third-order valence-electron chi connectivity index (χ3n) is 5.43. The number of hydrogen-bond acceptors (Lipinski definition) is 5. The zero-order valence-electron chi connectivity index (χ0n) is 18.4. The van der Waals surface area contributed by atoms with Gasteiger partial charge in [0.1, 0.15) is 5.82 Å². The molecule has 0 fully saturated rings. The van der Waals surface area contributed by atoms with E-state index >= 15 is 0 Å². The minimum Gasteiger partial charge on any atom is -0.394 e. The molecule has 0 aliphatic carbocycles. The first-order valence-electron chi connectivity index (χ1n) is 10.3. The van der Waals surface area contributed by atoms with Crippen LogP contribution in [-0.2, 0) is 6.54 Å². The summed E-state index contributed by atoms with van der Waals surface area (Å²) in [5.74, 6) is -0.842. The van der Waals surface area contributed by atoms with Crippen molar-refractivity contribution in [3.8, 4) is 0 Å². The molecule has 162 valence electrons. The lowest BCUT2D eigenvalue weighted by atomic mass is 9.76. The second-order valence-corrected chi connectivity index (χ2v) is 7.94. The molecule has 2 aromatic rings. The minimum absolute atomic E-state index is 0.188. The van der Waals surface area contributed by atoms with Gasteiger partial charge in [0.2, 0.25) is 0 Å². The van der Waals surface area contributed by atoms with Gasteiger partial charge in [-0.2, -0.15) is 0 Å². The monoisotopic (exact) mass is 420 g/mol. The van der Waals surface area contributed by atoms with Crippen molar-refractivity contribution in [2.45, 2.75) is 25.4 Å². The number of aldehydes is 1. The Morgan fingerprint density at radius 1 is 1.29 bits per heavy atom. The predicted octanol–water partition coefficient (Wildman–Crippen LogP) is 4.32. The number of nitrogens with one attached hydrogen (secondary N) is 3. The van der Waals surface area contributed by atoms with Crippen LogP contribution in [0.4, 0.5) is 10.1 Å². The molecule has 0 aromatic heterocycles. The van der Waals surface area contributed by atoms with Crippen molar-refractivity contribution in [1.82, 2.24) is 10.2 Å². The van der Waals surface area contributed by atoms with Gasteiger partial charge in [-0.15, -0.1) is 0 Å². The second kappa shape index (κ2) is 9.71. The van der Waals surface area contributed by atoms with Gasteiger partial charge in [-0.3, -0.25) is 4.79 Å². The molecule has 3 rings (SSSR count). The van der Waals surface area contributed by atoms with Crippen molar-refractivity contribution >= 4 is 17.7 Å². The average Bonchev–Trinajstić information content (AvgIpc) is 2.73. The van der Waals surface area contributed by atoms with Gasteiger partial charge in [-0.1, -0.05) is 30.3 Å². The summed E-state index contributed by atoms with van der Waals surface area (Å²) < 4.78 is 14.2. The highest BCUT2D eigenvalue weighted by molar-refractivity contribution is 6.14. The van der Waals surface area contributed by atoms with Crippen LogP contribution in [0.2, 0.25) is 0 Å². The molecule has 1 heterocycles. The van der Waals surface area contributed by atoms with Gasteiger partial charge in [-0.25, -0.2) is 4.39 Å². The average molecular weight is 421 g/mol. The fraction of sp³-hybridized carbons (Fsp3) is 0.280. The quantitative estimate of drug-likeness (QED) is 0.461. The molecule has 0 bridgehead atoms. The summed E-state index contributed by atoms with van der Waals surface area (Å²) >= 11 is 0. The van der Waals surface area contributed by atoms with Crippen molar-refractivity contribution < 1.29 is 9.18 Å². The molecule has 2 aromatic carbocycles. The largest absolute Gasteiger partial charge is 0.394 e. The molecular weight excluding hydrogens is 391 g/mol. The van der Waals surface area contributed by atoms with Crippen molar-refractivity contribution in [1.29, 1.82) is 5.41 Å². The van der Waals surface area contributed by atoms with Crippen LogP contribution in [0, 0.1) is 11.2 Å². The van der Waals surface area contributed by atoms with Crippen LogP contribution in [0.3, 0.4) is 0 Å². The van der Waals surface area contributed by atoms with Gasteiger partial charge in [0.05, 0.1) is 17.7 Å². The summed E-state index contributed by atoms with van der Waals surface area (Å²) in [7, 11) is 5.85. The number of nitrogens with zero attached hydrogens (tertiary/aromatic N) is 1. The van der Waals surface area contributed by atoms with Crippen LogP contribution < -0.4 is 10.6 Å². The molecular formula is C25H29FN4O. The van der Waals surface area contributed by atoms with E-state index in [2.05, 4.69) is 27.7 Å². The van der Waals surface area contributed by atoms with Crippen molar-refractivity contribution in [3.05, 3.63) is 88.4 Å². The molecule has 0 saturated heterocycles. The van der Waals surface area contributed by atoms with E-state index in [9.17, 15) is 9.18 Å². The van der Waals surface area contributed by atoms with E-state index in [1.54, 1.807) is 0 Å². The number of carbonyl (C=O) groups is 1. The van der Waals surface area contributed by atoms with Gasteiger partial charge in [-0.05, 0) is 62.1 Å². The van der Waals surface area contributed by atoms with Crippen LogP contribution in [0.1, 0.15) is 39.9 Å². The molecule has 3 N–H and O–H groups in total. The zero-order chi connectivity index (χ0) is 22.5. The first-order valence-corrected chi connectivity index (χ1v) is 10.3. The summed E-state index contributed by atoms with van der Waals surface area (Å²) in [5.41, 5.74) is 4.50. The lowest BCUT2D eigenvalue weighted by molar-refractivity contribution is 0.112. The fourth-order valence-corrected chi connectivity index (χ4v) is 4.15. The molecule has 5 nitrogen and oxygen atoms in total. The number of benzene rings is 2. The zero-order valence-corrected chi connectivity index (χ0v) is 18.4. The summed E-state index contributed by atoms with van der Waals surface area (Å²) in [6.07, 6.45) is 6.39. The normalized spacial score (nSPS) is 18.8. The topological polar surface area (TPSA) is 68.2 Å². The summed E-state index contributed by atoms with van der Waals surface area (Å²) in [6.45, 7) is 2.72. The lowest BCUT2D eigenvalue weighted by Crippen LogP contribution is -2.39. The van der Waals surface area contributed by atoms with E-state index in [0.717, 1.165) is 23.2 Å². The fourth-order valence-electron chi connectivity index (χ4n) is 4.15. The third kappa shape index (κ3) is 4.75. The third-order valence-corrected chi connectivity index (χ3v) is 5.43. The number of rotatable bonds is 7. The van der Waals surface area contributed by atoms with Gasteiger partial charge < -0.3 is 20.9 Å². The highest BCUT2D eigenvalue weighted by Gasteiger charge is 2.37. The summed E-state index contributed by atoms with van der Waals surface area (Å²) in [4.78, 5) is 13.8. The molecule has 0 amide bonds. The molecule has 0 spiro atoms. The number of carbonyl (C=O) groups excluding carboxylic acids is 1. The van der Waals surface area contributed by atoms with Crippen LogP contribution in [-0.4, -0.2) is 44.1 Å². The van der Waals surface area contributed by atoms with E-state index < -0.39 is 5.82 Å². The van der Waals surface area contributed by atoms with E-state index in [1.165, 1.54) is 12.1 Å². The van der Waals surface area contributed by atoms with Gasteiger partial charge >= 0.3 is 0 Å². The maximum Gasteiger partial charge on any atom is 0.150 e. The second-order valence-electron chi connectivity index (χ2n) is 7.94. The Bertz CT molecular complexity index is 1040. The maximum atomic E-state index is 14.2. The number of hydrogen-bond donors (Lipinski definition) is 3. The van der Waals surface area contributed by atoms with Crippen molar-refractivity contribution in [3.63, 3.8) is 0 Å². The first-order chi connectivity index (χ1) is 14.9. The Labute approximate surface area is 183 Å². The molecule has 0 saturated carbocycles. The van der Waals surface area contributed by atoms with Gasteiger partial charge in [0.15, 0.2) is 6.29 Å². The SMILES string of the molecule is C/C=C(\C=C/NC)C1Nc2cc(F)cc(C=O)c2C(=N)C1c1cccc(CN(C)C)c1. The van der Waals surface area contributed by atoms with E-state index in [-0.39, 0.29) is 17.5 Å². The Morgan fingerprint density at radius 3 is 2.71 bits per heavy atom. The molecule has 1 aliphatic heterocycles. The molecule has 6 heteroatoms. The van der Waals surface area contributed by atoms with Crippen LogP contribution in [0.5, 0.6) is 0 Å². The van der Waals surface area contributed by atoms with Gasteiger partial charge in [0.25, 0.3) is 0 Å². The van der Waals surface area contributed by atoms with E-state index in [4.69, 9.17) is 5.41 Å². The van der Waals surface area contributed by atoms with Crippen molar-refractivity contribution in [2.75, 3.05) is 26.5 Å². The lowest BCUT2D eigenvalue weighted by Gasteiger charge is -2.37. The highest BCUT2D eigenvalue weighted by atomic mass is 19.1. The number of halogens is 1. The molecule has 2 unspecified atom stereocenters. The Balaban J connectivity index is 2.18. The Hall–Kier alpha value is -3.25. The molecule has 2 atom stereocenters. The summed E-state index contributed by atoms with van der Waals surface area (Å²) in [6, 6.07) is 10.4. The van der Waals surface area contributed by atoms with E-state index in [1.807, 2.05) is 58.6 Å². The number of fused-ring (bicyclic) bond motifs is 1. The highest BCUT2D eigenvalue weighted by Crippen LogP contribution is 2.39. The molecule has 0 radical (unpaired) electrons. The smallest absolute Gasteiger partial charge is 0.150 e.